The fourth-order valence-electron chi connectivity index (χ4n) is 7.97. The van der Waals surface area contributed by atoms with Gasteiger partial charge < -0.3 is 0 Å². The second-order valence-corrected chi connectivity index (χ2v) is 21.1. The number of rotatable bonds is 10. The number of aromatic amines is 1. The average Bonchev–Trinajstić information content (AvgIpc) is 4.01. The van der Waals surface area contributed by atoms with Crippen LogP contribution in [0, 0.1) is 14.0 Å². The van der Waals surface area contributed by atoms with Crippen molar-refractivity contribution in [1.82, 2.24) is 28.7 Å². The van der Waals surface area contributed by atoms with E-state index in [-0.39, 0.29) is 26.3 Å². The molecule has 14 nitrogen and oxygen atoms in total. The zero-order valence-corrected chi connectivity index (χ0v) is 37.4. The second-order valence-electron chi connectivity index (χ2n) is 14.8. The van der Waals surface area contributed by atoms with Crippen LogP contribution in [0.3, 0.4) is 0 Å². The number of hydrogen-bond acceptors (Lipinski definition) is 7. The van der Waals surface area contributed by atoms with Gasteiger partial charge in [-0.15, -0.1) is 0 Å². The van der Waals surface area contributed by atoms with Crippen molar-refractivity contribution >= 4 is 104 Å². The van der Waals surface area contributed by atoms with Gasteiger partial charge in [-0.05, 0) is 0 Å². The van der Waals surface area contributed by atoms with Gasteiger partial charge in [0.05, 0.1) is 0 Å². The van der Waals surface area contributed by atoms with E-state index in [1.54, 1.807) is 6.33 Å². The number of carbonyl (C=O) groups is 1. The van der Waals surface area contributed by atoms with Gasteiger partial charge >= 0.3 is 364 Å². The zero-order chi connectivity index (χ0) is 41.9. The van der Waals surface area contributed by atoms with Gasteiger partial charge in [-0.3, -0.25) is 0 Å². The first-order valence-electron chi connectivity index (χ1n) is 19.5. The molecule has 0 aliphatic carbocycles. The van der Waals surface area contributed by atoms with Crippen LogP contribution in [0.4, 0.5) is 34.5 Å². The molecule has 4 N–H and O–H groups in total. The molecule has 9 aromatic rings. The normalized spacial score (nSPS) is 13.5. The Morgan fingerprint density at radius 2 is 1.52 bits per heavy atom. The summed E-state index contributed by atoms with van der Waals surface area (Å²) < 4.78 is 17.7. The molecule has 0 bridgehead atoms. The molecule has 16 heteroatoms. The summed E-state index contributed by atoms with van der Waals surface area (Å²) in [5.74, 6) is 2.12. The van der Waals surface area contributed by atoms with Crippen LogP contribution < -0.4 is 33.6 Å². The van der Waals surface area contributed by atoms with Crippen molar-refractivity contribution in [1.29, 1.82) is 0 Å². The van der Waals surface area contributed by atoms with E-state index < -0.39 is 5.97 Å². The van der Waals surface area contributed by atoms with Crippen molar-refractivity contribution in [2.75, 3.05) is 31.8 Å². The third-order valence-corrected chi connectivity index (χ3v) is 18.0. The molecule has 0 saturated heterocycles. The number of fused-ring (bicyclic) bond motifs is 6. The van der Waals surface area contributed by atoms with E-state index in [0.717, 1.165) is 88.7 Å². The number of quaternary nitrogens is 1. The number of esters is 1. The predicted octanol–water partition coefficient (Wildman–Crippen LogP) is 3.26. The zero-order valence-electron chi connectivity index (χ0n) is 34.0. The topological polar surface area (TPSA) is 129 Å². The Bertz CT molecular complexity index is 3230. The fourth-order valence-corrected chi connectivity index (χ4v) is 14.1. The molecule has 1 atom stereocenters. The standard InChI is InChI=1S/C45H38N12O2Se2/c1-27-21-30(17-19-33(27)49-40-35(28-13-9-7-10-14-28)51-43-38-41(48-25-56(40)43)54(4)26-53(38)3)60-61-31-18-20-34(32(22-31)45(58)59-6)50-42-36(29-15-11-8-12-16-29)55(5)44-37-39(46-23-52(37)2)47-24-57(42)44/h7-26,49H,5H2,1-4,6H3/p+3. The summed E-state index contributed by atoms with van der Waals surface area (Å²) in [6.07, 6.45) is 7.60. The average molecular weight is 940 g/mol. The molecule has 4 aromatic carbocycles. The summed E-state index contributed by atoms with van der Waals surface area (Å²) in [6.45, 7) is 2.13. The number of nitrogens with zero attached hydrogens (tertiary/aromatic N) is 8. The maximum absolute atomic E-state index is 13.4. The van der Waals surface area contributed by atoms with Gasteiger partial charge in [0.1, 0.15) is 0 Å². The van der Waals surface area contributed by atoms with E-state index in [9.17, 15) is 4.79 Å². The monoisotopic (exact) mass is 941 g/mol. The van der Waals surface area contributed by atoms with Crippen LogP contribution >= 0.6 is 0 Å². The van der Waals surface area contributed by atoms with Crippen molar-refractivity contribution in [3.05, 3.63) is 134 Å². The Labute approximate surface area is 362 Å². The van der Waals surface area contributed by atoms with Crippen LogP contribution in [-0.4, -0.2) is 93.1 Å². The van der Waals surface area contributed by atoms with Crippen molar-refractivity contribution in [3.8, 4) is 22.5 Å². The summed E-state index contributed by atoms with van der Waals surface area (Å²) in [7, 11) is 12.0. The molecule has 6 heterocycles. The Kier molecular flexibility index (Phi) is 9.66. The first kappa shape index (κ1) is 38.4. The molecule has 10 rings (SSSR count). The number of aromatic nitrogens is 8. The molecule has 0 radical (unpaired) electrons. The molecule has 0 fully saturated rings. The molecule has 1 unspecified atom stereocenters. The van der Waals surface area contributed by atoms with Crippen molar-refractivity contribution in [3.63, 3.8) is 0 Å². The summed E-state index contributed by atoms with van der Waals surface area (Å²) in [6, 6.07) is 33.0. The maximum atomic E-state index is 13.4. The van der Waals surface area contributed by atoms with Crippen molar-refractivity contribution in [2.45, 2.75) is 6.92 Å². The number of hydrogen-bond donors (Lipinski definition) is 4. The van der Waals surface area contributed by atoms with E-state index in [2.05, 4.69) is 88.3 Å². The molecule has 0 spiro atoms. The SMILES string of the molecule is [CH2-][n+]1c(-c2ccccc2)c(Nc2ccc([Se][Se]c3ccc(Nc4c(-c5ccccc5)nc5c6c(ncn45)[NH+](C)C=[N+]6C)c(C)c3)cc2C(=O)OC)n2cnc3[nH]c[n+](C)c3c21. The molecule has 61 heavy (non-hydrogen) atoms. The van der Waals surface area contributed by atoms with Crippen LogP contribution in [0.15, 0.2) is 116 Å². The Balaban J connectivity index is 0.942. The van der Waals surface area contributed by atoms with E-state index in [1.807, 2.05) is 101 Å². The third-order valence-electron chi connectivity index (χ3n) is 10.9. The van der Waals surface area contributed by atoms with Crippen molar-refractivity contribution in [2.24, 2.45) is 7.05 Å². The number of imidazole rings is 3. The van der Waals surface area contributed by atoms with Crippen LogP contribution in [0.2, 0.25) is 0 Å². The predicted molar refractivity (Wildman–Crippen MR) is 238 cm³/mol. The van der Waals surface area contributed by atoms with Crippen LogP contribution in [0.25, 0.3) is 45.0 Å². The first-order valence-corrected chi connectivity index (χ1v) is 25.5. The summed E-state index contributed by atoms with van der Waals surface area (Å²) in [5.41, 5.74) is 11.2. The fraction of sp³-hybridized carbons (Fsp3) is 0.111. The van der Waals surface area contributed by atoms with Crippen LogP contribution in [0.5, 0.6) is 0 Å². The quantitative estimate of drug-likeness (QED) is 0.0719. The van der Waals surface area contributed by atoms with Gasteiger partial charge in [-0.1, -0.05) is 0 Å². The minimum absolute atomic E-state index is 0.0773. The second kappa shape index (κ2) is 15.3. The third kappa shape index (κ3) is 6.61. The number of anilines is 4. The molecule has 1 aliphatic rings. The first-order chi connectivity index (χ1) is 29.7. The molecule has 0 saturated carbocycles. The van der Waals surface area contributed by atoms with E-state index in [4.69, 9.17) is 19.7 Å². The molecular formula is C45H41N12O2Se2+3. The summed E-state index contributed by atoms with van der Waals surface area (Å²) in [4.78, 5) is 32.5. The van der Waals surface area contributed by atoms with E-state index in [1.165, 1.54) is 11.6 Å². The van der Waals surface area contributed by atoms with Crippen LogP contribution in [0.1, 0.15) is 15.9 Å². The number of aryl methyl sites for hydroxylation is 2. The Morgan fingerprint density at radius 1 is 0.852 bits per heavy atom. The van der Waals surface area contributed by atoms with Gasteiger partial charge in [0.15, 0.2) is 0 Å². The molecular weight excluding hydrogens is 898 g/mol. The van der Waals surface area contributed by atoms with E-state index in [0.29, 0.717) is 11.3 Å². The summed E-state index contributed by atoms with van der Waals surface area (Å²) in [5, 5.41) is 7.34. The van der Waals surface area contributed by atoms with Gasteiger partial charge in [-0.25, -0.2) is 0 Å². The number of ether oxygens (including phenoxy) is 1. The number of nitrogens with one attached hydrogen (secondary N) is 4. The van der Waals surface area contributed by atoms with E-state index >= 15 is 0 Å². The number of H-pyrrole nitrogens is 1. The Morgan fingerprint density at radius 3 is 2.25 bits per heavy atom. The number of carbonyl (C=O) groups excluding carboxylic acids is 1. The van der Waals surface area contributed by atoms with Gasteiger partial charge in [-0.2, -0.15) is 0 Å². The summed E-state index contributed by atoms with van der Waals surface area (Å²) >= 11 is 0.214. The minimum atomic E-state index is -0.415. The van der Waals surface area contributed by atoms with Gasteiger partial charge in [0.2, 0.25) is 0 Å². The van der Waals surface area contributed by atoms with Crippen LogP contribution in [-0.2, 0) is 11.8 Å². The van der Waals surface area contributed by atoms with Crippen molar-refractivity contribution < 1.29 is 28.1 Å². The number of methoxy groups -OCH3 is 1. The Hall–Kier alpha value is -6.80. The molecule has 5 aromatic heterocycles. The molecule has 302 valence electrons. The van der Waals surface area contributed by atoms with Gasteiger partial charge in [0, 0.05) is 0 Å². The number of benzene rings is 4. The molecule has 1 aliphatic heterocycles. The van der Waals surface area contributed by atoms with Gasteiger partial charge in [0.25, 0.3) is 0 Å². The molecule has 0 amide bonds.